The molecule has 22 heavy (non-hydrogen) atoms. The maximum Gasteiger partial charge on any atom is 0.151 e. The van der Waals surface area contributed by atoms with Crippen molar-refractivity contribution in [1.29, 1.82) is 0 Å². The van der Waals surface area contributed by atoms with Gasteiger partial charge in [-0.2, -0.15) is 0 Å². The minimum Gasteiger partial charge on any atom is -0.230 e. The van der Waals surface area contributed by atoms with Crippen molar-refractivity contribution in [3.05, 3.63) is 60.2 Å². The molecule has 0 N–H and O–H groups in total. The van der Waals surface area contributed by atoms with E-state index in [-0.39, 0.29) is 0 Å². The third-order valence-electron chi connectivity index (χ3n) is 3.75. The second-order valence-electron chi connectivity index (χ2n) is 6.61. The Labute approximate surface area is 141 Å². The molecule has 1 unspecified atom stereocenters. The molecule has 2 aromatic carbocycles. The maximum atomic E-state index is 4.81. The van der Waals surface area contributed by atoms with E-state index in [1.807, 2.05) is 23.1 Å². The van der Waals surface area contributed by atoms with Crippen LogP contribution in [0, 0.1) is 0 Å². The normalized spacial score (nSPS) is 13.4. The van der Waals surface area contributed by atoms with Crippen molar-refractivity contribution in [3.8, 4) is 0 Å². The van der Waals surface area contributed by atoms with Crippen molar-refractivity contribution in [3.63, 3.8) is 0 Å². The Morgan fingerprint density at radius 3 is 2.36 bits per heavy atom. The second kappa shape index (κ2) is 6.57. The molecule has 114 valence electrons. The van der Waals surface area contributed by atoms with Gasteiger partial charge in [-0.1, -0.05) is 73.9 Å². The predicted molar refractivity (Wildman–Crippen MR) is 103 cm³/mol. The van der Waals surface area contributed by atoms with E-state index in [2.05, 4.69) is 74.2 Å². The Morgan fingerprint density at radius 1 is 1.00 bits per heavy atom. The van der Waals surface area contributed by atoms with Gasteiger partial charge in [0.1, 0.15) is 0 Å². The van der Waals surface area contributed by atoms with Crippen LogP contribution in [0.25, 0.3) is 10.2 Å². The average Bonchev–Trinajstić information content (AvgIpc) is 2.89. The van der Waals surface area contributed by atoms with E-state index in [0.717, 1.165) is 11.9 Å². The van der Waals surface area contributed by atoms with Gasteiger partial charge in [0.2, 0.25) is 0 Å². The van der Waals surface area contributed by atoms with Crippen molar-refractivity contribution < 1.29 is 0 Å². The molecule has 4 heteroatoms. The summed E-state index contributed by atoms with van der Waals surface area (Å²) in [5.41, 5.74) is 2.56. The molecule has 0 bridgehead atoms. The number of fused-ring (bicyclic) bond motifs is 1. The maximum absolute atomic E-state index is 4.81. The van der Waals surface area contributed by atoms with E-state index < -0.39 is 8.07 Å². The van der Waals surface area contributed by atoms with Gasteiger partial charge in [-0.25, -0.2) is 4.98 Å². The highest BCUT2D eigenvalue weighted by molar-refractivity contribution is 8.03. The number of hydrogen-bond acceptors (Lipinski definition) is 3. The molecule has 0 spiro atoms. The first-order valence-corrected chi connectivity index (χ1v) is 12.9. The molecule has 0 fully saturated rings. The van der Waals surface area contributed by atoms with E-state index in [1.165, 1.54) is 14.6 Å². The number of nitrogens with zero attached hydrogens (tertiary/aromatic N) is 1. The van der Waals surface area contributed by atoms with Gasteiger partial charge in [0.15, 0.2) is 4.34 Å². The minimum absolute atomic E-state index is 0.649. The Hall–Kier alpha value is -1.10. The molecular formula is C18H21NS2Si. The van der Waals surface area contributed by atoms with Crippen molar-refractivity contribution in [2.24, 2.45) is 0 Å². The molecule has 3 aromatic rings. The Kier molecular flexibility index (Phi) is 4.71. The van der Waals surface area contributed by atoms with Gasteiger partial charge in [0.05, 0.1) is 18.3 Å². The van der Waals surface area contributed by atoms with E-state index in [1.54, 1.807) is 0 Å². The second-order valence-corrected chi connectivity index (χ2v) is 14.9. The molecule has 1 nitrogen and oxygen atoms in total. The summed E-state index contributed by atoms with van der Waals surface area (Å²) in [4.78, 5) is 5.46. The van der Waals surface area contributed by atoms with Crippen LogP contribution in [-0.2, 0) is 6.42 Å². The minimum atomic E-state index is -1.27. The summed E-state index contributed by atoms with van der Waals surface area (Å²) in [5.74, 6) is 0. The first kappa shape index (κ1) is 15.8. The molecule has 1 heterocycles. The number of benzene rings is 2. The van der Waals surface area contributed by atoms with Gasteiger partial charge in [-0.3, -0.25) is 0 Å². The number of aromatic nitrogens is 1. The fourth-order valence-corrected chi connectivity index (χ4v) is 7.41. The monoisotopic (exact) mass is 343 g/mol. The first-order valence-electron chi connectivity index (χ1n) is 7.58. The summed E-state index contributed by atoms with van der Waals surface area (Å²) in [7, 11) is -1.27. The van der Waals surface area contributed by atoms with E-state index in [4.69, 9.17) is 4.98 Å². The summed E-state index contributed by atoms with van der Waals surface area (Å²) >= 11 is 3.81. The third kappa shape index (κ3) is 3.80. The molecule has 1 atom stereocenters. The summed E-state index contributed by atoms with van der Waals surface area (Å²) in [6.07, 6.45) is 1.14. The lowest BCUT2D eigenvalue weighted by Gasteiger charge is -2.27. The van der Waals surface area contributed by atoms with E-state index in [0.29, 0.717) is 4.87 Å². The summed E-state index contributed by atoms with van der Waals surface area (Å²) in [6, 6.07) is 19.3. The van der Waals surface area contributed by atoms with Crippen molar-refractivity contribution in [2.75, 3.05) is 0 Å². The van der Waals surface area contributed by atoms with Gasteiger partial charge in [-0.15, -0.1) is 11.3 Å². The molecule has 0 aliphatic heterocycles. The molecule has 3 rings (SSSR count). The van der Waals surface area contributed by atoms with E-state index in [9.17, 15) is 0 Å². The zero-order chi connectivity index (χ0) is 15.6. The number of para-hydroxylation sites is 1. The number of rotatable bonds is 5. The molecule has 0 aliphatic rings. The van der Waals surface area contributed by atoms with Gasteiger partial charge in [0, 0.05) is 4.87 Å². The number of thiazole rings is 1. The van der Waals surface area contributed by atoms with Crippen LogP contribution in [0.5, 0.6) is 0 Å². The highest BCUT2D eigenvalue weighted by Gasteiger charge is 2.28. The number of thioether (sulfide) groups is 1. The van der Waals surface area contributed by atoms with E-state index >= 15 is 0 Å². The largest absolute Gasteiger partial charge is 0.230 e. The van der Waals surface area contributed by atoms with Crippen molar-refractivity contribution in [2.45, 2.75) is 35.3 Å². The van der Waals surface area contributed by atoms with Crippen LogP contribution in [0.4, 0.5) is 0 Å². The van der Waals surface area contributed by atoms with Crippen LogP contribution < -0.4 is 0 Å². The zero-order valence-electron chi connectivity index (χ0n) is 13.2. The highest BCUT2D eigenvalue weighted by atomic mass is 32.2. The topological polar surface area (TPSA) is 12.9 Å². The lowest BCUT2D eigenvalue weighted by Crippen LogP contribution is -2.37. The van der Waals surface area contributed by atoms with Crippen LogP contribution in [-0.4, -0.2) is 17.9 Å². The molecule has 0 saturated heterocycles. The van der Waals surface area contributed by atoms with Gasteiger partial charge in [0.25, 0.3) is 0 Å². The Morgan fingerprint density at radius 2 is 1.68 bits per heavy atom. The summed E-state index contributed by atoms with van der Waals surface area (Å²) < 4.78 is 2.50. The Bertz CT molecular complexity index is 713. The molecule has 1 aromatic heterocycles. The smallest absolute Gasteiger partial charge is 0.151 e. The fourth-order valence-electron chi connectivity index (χ4n) is 2.38. The number of hydrogen-bond donors (Lipinski definition) is 0. The summed E-state index contributed by atoms with van der Waals surface area (Å²) in [5, 5.41) is 0. The predicted octanol–water partition coefficient (Wildman–Crippen LogP) is 5.88. The summed E-state index contributed by atoms with van der Waals surface area (Å²) in [6.45, 7) is 7.38. The van der Waals surface area contributed by atoms with Crippen LogP contribution in [0.3, 0.4) is 0 Å². The van der Waals surface area contributed by atoms with Crippen LogP contribution in [0.15, 0.2) is 58.9 Å². The van der Waals surface area contributed by atoms with Gasteiger partial charge < -0.3 is 0 Å². The van der Waals surface area contributed by atoms with Gasteiger partial charge >= 0.3 is 0 Å². The average molecular weight is 344 g/mol. The third-order valence-corrected chi connectivity index (χ3v) is 10.5. The molecule has 0 aliphatic carbocycles. The zero-order valence-corrected chi connectivity index (χ0v) is 15.9. The molecule has 0 amide bonds. The molecule has 0 saturated carbocycles. The standard InChI is InChI=1S/C18H21NS2Si/c1-22(2,3)17(13-14-9-5-4-6-10-14)21-18-19-15-11-7-8-12-16(15)20-18/h4-12,17H,13H2,1-3H3. The Balaban J connectivity index is 1.83. The van der Waals surface area contributed by atoms with Crippen molar-refractivity contribution in [1.82, 2.24) is 4.98 Å². The molecular weight excluding hydrogens is 322 g/mol. The van der Waals surface area contributed by atoms with Crippen LogP contribution >= 0.6 is 23.1 Å². The van der Waals surface area contributed by atoms with Gasteiger partial charge in [-0.05, 0) is 24.1 Å². The highest BCUT2D eigenvalue weighted by Crippen LogP contribution is 2.36. The fraction of sp³-hybridized carbons (Fsp3) is 0.278. The SMILES string of the molecule is C[Si](C)(C)C(Cc1ccccc1)Sc1nc2ccccc2s1. The first-order chi connectivity index (χ1) is 10.5. The van der Waals surface area contributed by atoms with Crippen LogP contribution in [0.2, 0.25) is 19.6 Å². The van der Waals surface area contributed by atoms with Crippen molar-refractivity contribution >= 4 is 41.4 Å². The lowest BCUT2D eigenvalue weighted by atomic mass is 10.2. The quantitative estimate of drug-likeness (QED) is 0.424. The van der Waals surface area contributed by atoms with Crippen LogP contribution in [0.1, 0.15) is 5.56 Å². The molecule has 0 radical (unpaired) electrons. The lowest BCUT2D eigenvalue weighted by molar-refractivity contribution is 1.05.